The Morgan fingerprint density at radius 2 is 2.11 bits per heavy atom. The third kappa shape index (κ3) is 4.15. The maximum atomic E-state index is 13.5. The van der Waals surface area contributed by atoms with Crippen molar-refractivity contribution in [2.24, 2.45) is 0 Å². The second kappa shape index (κ2) is 8.13. The summed E-state index contributed by atoms with van der Waals surface area (Å²) in [5.74, 6) is 0.364. The van der Waals surface area contributed by atoms with E-state index in [4.69, 9.17) is 4.74 Å². The van der Waals surface area contributed by atoms with Crippen molar-refractivity contribution in [3.05, 3.63) is 64.6 Å². The average Bonchev–Trinajstić information content (AvgIpc) is 3.34. The number of thiophene rings is 1. The molecule has 0 spiro atoms. The molecule has 0 radical (unpaired) electrons. The molecule has 3 heterocycles. The quantitative estimate of drug-likeness (QED) is 0.485. The van der Waals surface area contributed by atoms with Crippen molar-refractivity contribution in [1.82, 2.24) is 25.1 Å². The fourth-order valence-corrected chi connectivity index (χ4v) is 3.34. The van der Waals surface area contributed by atoms with Gasteiger partial charge < -0.3 is 10.1 Å². The molecule has 0 saturated heterocycles. The third-order valence-corrected chi connectivity index (χ3v) is 4.79. The first-order valence-corrected chi connectivity index (χ1v) is 9.47. The normalized spacial score (nSPS) is 10.9. The number of carbonyl (C=O) groups is 1. The minimum absolute atomic E-state index is 0.0540. The number of halogens is 1. The number of carbonyl (C=O) groups excluding carboxylic acids is 1. The molecule has 0 aliphatic heterocycles. The van der Waals surface area contributed by atoms with Crippen molar-refractivity contribution < 1.29 is 13.9 Å². The highest BCUT2D eigenvalue weighted by Crippen LogP contribution is 2.19. The lowest BCUT2D eigenvalue weighted by molar-refractivity contribution is -0.120. The fourth-order valence-electron chi connectivity index (χ4n) is 2.64. The van der Waals surface area contributed by atoms with E-state index in [-0.39, 0.29) is 18.3 Å². The van der Waals surface area contributed by atoms with Gasteiger partial charge in [0.1, 0.15) is 12.4 Å². The molecule has 0 aliphatic rings. The summed E-state index contributed by atoms with van der Waals surface area (Å²) in [7, 11) is 0. The van der Waals surface area contributed by atoms with Gasteiger partial charge in [0.05, 0.1) is 13.0 Å². The summed E-state index contributed by atoms with van der Waals surface area (Å²) in [6.45, 7) is 0.634. The summed E-state index contributed by atoms with van der Waals surface area (Å²) in [6, 6.07) is 13.3. The van der Waals surface area contributed by atoms with Crippen LogP contribution in [-0.4, -0.2) is 38.9 Å². The number of amides is 1. The van der Waals surface area contributed by atoms with Crippen LogP contribution in [0.2, 0.25) is 0 Å². The average molecular weight is 397 g/mol. The van der Waals surface area contributed by atoms with Gasteiger partial charge in [0, 0.05) is 16.5 Å². The highest BCUT2D eigenvalue weighted by molar-refractivity contribution is 7.10. The minimum Gasteiger partial charge on any atom is -0.475 e. The number of benzene rings is 1. The molecule has 0 aliphatic carbocycles. The molecule has 1 amide bonds. The molecule has 7 nitrogen and oxygen atoms in total. The second-order valence-corrected chi connectivity index (χ2v) is 6.96. The Morgan fingerprint density at radius 3 is 2.93 bits per heavy atom. The van der Waals surface area contributed by atoms with Gasteiger partial charge in [-0.05, 0) is 29.6 Å². The van der Waals surface area contributed by atoms with Crippen LogP contribution in [-0.2, 0) is 11.2 Å². The predicted octanol–water partition coefficient (Wildman–Crippen LogP) is 2.73. The summed E-state index contributed by atoms with van der Waals surface area (Å²) < 4.78 is 20.6. The molecule has 4 aromatic rings. The van der Waals surface area contributed by atoms with E-state index in [2.05, 4.69) is 20.6 Å². The van der Waals surface area contributed by atoms with E-state index in [0.717, 1.165) is 4.88 Å². The molecule has 0 unspecified atom stereocenters. The van der Waals surface area contributed by atoms with Gasteiger partial charge in [-0.15, -0.1) is 26.6 Å². The van der Waals surface area contributed by atoms with Crippen molar-refractivity contribution in [2.75, 3.05) is 13.2 Å². The van der Waals surface area contributed by atoms with Gasteiger partial charge in [-0.3, -0.25) is 4.79 Å². The summed E-state index contributed by atoms with van der Waals surface area (Å²) in [6.07, 6.45) is 0.361. The van der Waals surface area contributed by atoms with E-state index >= 15 is 0 Å². The predicted molar refractivity (Wildman–Crippen MR) is 103 cm³/mol. The zero-order chi connectivity index (χ0) is 19.3. The molecule has 4 rings (SSSR count). The summed E-state index contributed by atoms with van der Waals surface area (Å²) >= 11 is 1.55. The minimum atomic E-state index is -0.361. The second-order valence-electron chi connectivity index (χ2n) is 5.93. The van der Waals surface area contributed by atoms with Gasteiger partial charge in [0.2, 0.25) is 11.8 Å². The van der Waals surface area contributed by atoms with E-state index in [1.807, 2.05) is 17.5 Å². The zero-order valence-electron chi connectivity index (χ0n) is 14.7. The third-order valence-electron chi connectivity index (χ3n) is 3.91. The molecule has 3 aromatic heterocycles. The SMILES string of the molecule is O=C(Cc1cccs1)NCCOc1ccc2nnc(-c3cccc(F)c3)n2n1. The largest absolute Gasteiger partial charge is 0.475 e. The van der Waals surface area contributed by atoms with E-state index in [1.165, 1.54) is 16.6 Å². The first-order valence-electron chi connectivity index (χ1n) is 8.59. The van der Waals surface area contributed by atoms with Crippen LogP contribution in [0.3, 0.4) is 0 Å². The van der Waals surface area contributed by atoms with Gasteiger partial charge in [-0.1, -0.05) is 18.2 Å². The number of hydrogen-bond acceptors (Lipinski definition) is 6. The highest BCUT2D eigenvalue weighted by atomic mass is 32.1. The van der Waals surface area contributed by atoms with Crippen molar-refractivity contribution >= 4 is 22.9 Å². The monoisotopic (exact) mass is 397 g/mol. The lowest BCUT2D eigenvalue weighted by atomic mass is 10.2. The molecule has 0 fully saturated rings. The van der Waals surface area contributed by atoms with Crippen molar-refractivity contribution in [1.29, 1.82) is 0 Å². The first kappa shape index (κ1) is 18.1. The Bertz CT molecular complexity index is 1100. The van der Waals surface area contributed by atoms with Crippen molar-refractivity contribution in [2.45, 2.75) is 6.42 Å². The van der Waals surface area contributed by atoms with Crippen LogP contribution in [0.15, 0.2) is 53.9 Å². The highest BCUT2D eigenvalue weighted by Gasteiger charge is 2.11. The first-order chi connectivity index (χ1) is 13.7. The molecule has 0 saturated carbocycles. The number of hydrogen-bond donors (Lipinski definition) is 1. The number of ether oxygens (including phenoxy) is 1. The maximum absolute atomic E-state index is 13.5. The molecule has 0 bridgehead atoms. The maximum Gasteiger partial charge on any atom is 0.231 e. The van der Waals surface area contributed by atoms with Crippen LogP contribution in [0.1, 0.15) is 4.88 Å². The fraction of sp³-hybridized carbons (Fsp3) is 0.158. The van der Waals surface area contributed by atoms with Gasteiger partial charge in [-0.2, -0.15) is 4.52 Å². The van der Waals surface area contributed by atoms with E-state index in [0.29, 0.717) is 35.9 Å². The zero-order valence-corrected chi connectivity index (χ0v) is 15.5. The molecular formula is C19H16FN5O2S. The van der Waals surface area contributed by atoms with E-state index in [1.54, 1.807) is 35.6 Å². The summed E-state index contributed by atoms with van der Waals surface area (Å²) in [4.78, 5) is 12.9. The Balaban J connectivity index is 1.38. The number of aromatic nitrogens is 4. The number of nitrogens with one attached hydrogen (secondary N) is 1. The summed E-state index contributed by atoms with van der Waals surface area (Å²) in [5.41, 5.74) is 1.09. The van der Waals surface area contributed by atoms with Crippen LogP contribution in [0.25, 0.3) is 17.0 Å². The van der Waals surface area contributed by atoms with Gasteiger partial charge in [-0.25, -0.2) is 4.39 Å². The Morgan fingerprint density at radius 1 is 1.18 bits per heavy atom. The molecular weight excluding hydrogens is 381 g/mol. The van der Waals surface area contributed by atoms with Crippen LogP contribution < -0.4 is 10.1 Å². The lowest BCUT2D eigenvalue weighted by Gasteiger charge is -2.07. The number of fused-ring (bicyclic) bond motifs is 1. The number of nitrogens with zero attached hydrogens (tertiary/aromatic N) is 4. The molecule has 1 aromatic carbocycles. The van der Waals surface area contributed by atoms with E-state index in [9.17, 15) is 9.18 Å². The van der Waals surface area contributed by atoms with Crippen LogP contribution in [0.5, 0.6) is 5.88 Å². The molecule has 9 heteroatoms. The van der Waals surface area contributed by atoms with Gasteiger partial charge in [0.15, 0.2) is 11.5 Å². The Hall–Kier alpha value is -3.33. The van der Waals surface area contributed by atoms with Crippen LogP contribution >= 0.6 is 11.3 Å². The van der Waals surface area contributed by atoms with E-state index < -0.39 is 0 Å². The number of rotatable bonds is 7. The molecule has 142 valence electrons. The molecule has 28 heavy (non-hydrogen) atoms. The Labute approximate surface area is 163 Å². The molecule has 0 atom stereocenters. The van der Waals surface area contributed by atoms with Crippen LogP contribution in [0, 0.1) is 5.82 Å². The van der Waals surface area contributed by atoms with Gasteiger partial charge in [0.25, 0.3) is 0 Å². The van der Waals surface area contributed by atoms with Crippen molar-refractivity contribution in [3.63, 3.8) is 0 Å². The van der Waals surface area contributed by atoms with Crippen molar-refractivity contribution in [3.8, 4) is 17.3 Å². The Kier molecular flexibility index (Phi) is 5.24. The smallest absolute Gasteiger partial charge is 0.231 e. The topological polar surface area (TPSA) is 81.4 Å². The van der Waals surface area contributed by atoms with Gasteiger partial charge >= 0.3 is 0 Å². The standard InChI is InChI=1S/C19H16FN5O2S/c20-14-4-1-3-13(11-14)19-23-22-16-6-7-18(24-25(16)19)27-9-8-21-17(26)12-15-5-2-10-28-15/h1-7,10-11H,8-9,12H2,(H,21,26). The molecule has 1 N–H and O–H groups in total. The lowest BCUT2D eigenvalue weighted by Crippen LogP contribution is -2.29. The summed E-state index contributed by atoms with van der Waals surface area (Å²) in [5, 5.41) is 17.2. The van der Waals surface area contributed by atoms with Crippen LogP contribution in [0.4, 0.5) is 4.39 Å².